The number of hydrogen-bond donors (Lipinski definition) is 0. The van der Waals surface area contributed by atoms with Gasteiger partial charge in [0.05, 0.1) is 42.9 Å². The second-order valence-electron chi connectivity index (χ2n) is 9.85. The number of sulfone groups is 1. The Kier molecular flexibility index (Phi) is 8.21. The quantitative estimate of drug-likeness (QED) is 0.386. The van der Waals surface area contributed by atoms with Crippen molar-refractivity contribution in [1.82, 2.24) is 14.5 Å². The summed E-state index contributed by atoms with van der Waals surface area (Å²) in [5, 5.41) is -0.0726. The molecule has 2 unspecified atom stereocenters. The number of aromatic nitrogens is 2. The summed E-state index contributed by atoms with van der Waals surface area (Å²) >= 11 is 0. The van der Waals surface area contributed by atoms with Gasteiger partial charge < -0.3 is 18.9 Å². The molecule has 0 saturated carbocycles. The van der Waals surface area contributed by atoms with Gasteiger partial charge in [0.1, 0.15) is 5.82 Å². The SMILES string of the molecule is O=C(c1ccccc1)N(Cc1cnc(S(=O)(=O)Cc2ccc(F)cc2)n1CC1CCCO1)CC1CCCO1. The second kappa shape index (κ2) is 11.8. The van der Waals surface area contributed by atoms with E-state index in [1.807, 2.05) is 18.2 Å². The summed E-state index contributed by atoms with van der Waals surface area (Å²) in [5.74, 6) is -0.887. The Morgan fingerprint density at radius 1 is 1.00 bits per heavy atom. The van der Waals surface area contributed by atoms with Crippen LogP contribution in [-0.4, -0.2) is 60.7 Å². The van der Waals surface area contributed by atoms with Gasteiger partial charge in [-0.25, -0.2) is 17.8 Å². The summed E-state index contributed by atoms with van der Waals surface area (Å²) in [4.78, 5) is 19.6. The molecule has 0 spiro atoms. The number of amides is 1. The van der Waals surface area contributed by atoms with E-state index in [9.17, 15) is 17.6 Å². The second-order valence-corrected chi connectivity index (χ2v) is 11.7. The Morgan fingerprint density at radius 3 is 2.34 bits per heavy atom. The van der Waals surface area contributed by atoms with E-state index in [0.717, 1.165) is 25.7 Å². The zero-order chi connectivity index (χ0) is 26.5. The Morgan fingerprint density at radius 2 is 1.68 bits per heavy atom. The number of ether oxygens (including phenoxy) is 2. The molecule has 2 atom stereocenters. The molecular formula is C28H32FN3O5S. The van der Waals surface area contributed by atoms with Crippen molar-refractivity contribution in [2.75, 3.05) is 19.8 Å². The predicted octanol–water partition coefficient (Wildman–Crippen LogP) is 4.00. The van der Waals surface area contributed by atoms with E-state index in [2.05, 4.69) is 4.98 Å². The minimum Gasteiger partial charge on any atom is -0.376 e. The minimum atomic E-state index is -3.86. The first-order valence-corrected chi connectivity index (χ1v) is 14.6. The first kappa shape index (κ1) is 26.5. The number of rotatable bonds is 10. The normalized spacial score (nSPS) is 19.6. The summed E-state index contributed by atoms with van der Waals surface area (Å²) in [6.45, 7) is 2.20. The summed E-state index contributed by atoms with van der Waals surface area (Å²) in [5.41, 5.74) is 1.64. The number of carbonyl (C=O) groups excluding carboxylic acids is 1. The maximum Gasteiger partial charge on any atom is 0.254 e. The van der Waals surface area contributed by atoms with Crippen molar-refractivity contribution < 1.29 is 27.1 Å². The van der Waals surface area contributed by atoms with Gasteiger partial charge in [0.15, 0.2) is 0 Å². The molecule has 5 rings (SSSR count). The monoisotopic (exact) mass is 541 g/mol. The Bertz CT molecular complexity index is 1330. The van der Waals surface area contributed by atoms with E-state index in [-0.39, 0.29) is 35.6 Å². The van der Waals surface area contributed by atoms with Gasteiger partial charge in [-0.3, -0.25) is 4.79 Å². The lowest BCUT2D eigenvalue weighted by Gasteiger charge is -2.26. The van der Waals surface area contributed by atoms with Gasteiger partial charge in [-0.05, 0) is 55.5 Å². The van der Waals surface area contributed by atoms with E-state index in [0.29, 0.717) is 43.1 Å². The van der Waals surface area contributed by atoms with E-state index in [1.54, 1.807) is 21.6 Å². The van der Waals surface area contributed by atoms with Gasteiger partial charge in [-0.15, -0.1) is 0 Å². The van der Waals surface area contributed by atoms with Crippen LogP contribution in [-0.2, 0) is 38.2 Å². The van der Waals surface area contributed by atoms with Crippen molar-refractivity contribution in [3.63, 3.8) is 0 Å². The van der Waals surface area contributed by atoms with Crippen LogP contribution in [0.3, 0.4) is 0 Å². The molecule has 10 heteroatoms. The molecule has 2 saturated heterocycles. The Hall–Kier alpha value is -3.08. The number of benzene rings is 2. The molecule has 2 aliphatic rings. The van der Waals surface area contributed by atoms with Crippen molar-refractivity contribution in [3.8, 4) is 0 Å². The van der Waals surface area contributed by atoms with Crippen molar-refractivity contribution in [2.45, 2.75) is 61.9 Å². The maximum absolute atomic E-state index is 13.5. The molecule has 0 aliphatic carbocycles. The van der Waals surface area contributed by atoms with Crippen LogP contribution in [0, 0.1) is 5.82 Å². The molecule has 8 nitrogen and oxygen atoms in total. The number of halogens is 1. The highest BCUT2D eigenvalue weighted by Crippen LogP contribution is 2.24. The largest absolute Gasteiger partial charge is 0.376 e. The van der Waals surface area contributed by atoms with Gasteiger partial charge in [-0.1, -0.05) is 30.3 Å². The van der Waals surface area contributed by atoms with Crippen LogP contribution in [0.15, 0.2) is 66.0 Å². The molecule has 3 heterocycles. The number of carbonyl (C=O) groups is 1. The fourth-order valence-electron chi connectivity index (χ4n) is 5.03. The molecule has 202 valence electrons. The molecule has 2 aromatic carbocycles. The van der Waals surface area contributed by atoms with Crippen molar-refractivity contribution in [1.29, 1.82) is 0 Å². The molecule has 38 heavy (non-hydrogen) atoms. The Balaban J connectivity index is 1.46. The van der Waals surface area contributed by atoms with E-state index >= 15 is 0 Å². The first-order valence-electron chi connectivity index (χ1n) is 13.0. The number of nitrogens with zero attached hydrogens (tertiary/aromatic N) is 3. The van der Waals surface area contributed by atoms with Gasteiger partial charge in [-0.2, -0.15) is 0 Å². The molecule has 3 aromatic rings. The van der Waals surface area contributed by atoms with E-state index in [1.165, 1.54) is 30.5 Å². The number of hydrogen-bond acceptors (Lipinski definition) is 6. The van der Waals surface area contributed by atoms with Crippen molar-refractivity contribution >= 4 is 15.7 Å². The lowest BCUT2D eigenvalue weighted by molar-refractivity contribution is 0.0496. The summed E-state index contributed by atoms with van der Waals surface area (Å²) in [7, 11) is -3.86. The summed E-state index contributed by atoms with van der Waals surface area (Å²) < 4.78 is 53.7. The van der Waals surface area contributed by atoms with Crippen LogP contribution in [0.25, 0.3) is 0 Å². The van der Waals surface area contributed by atoms with Crippen molar-refractivity contribution in [3.05, 3.63) is 83.4 Å². The van der Waals surface area contributed by atoms with Crippen molar-refractivity contribution in [2.24, 2.45) is 0 Å². The standard InChI is InChI=1S/C28H32FN3O5S/c29-23-12-10-21(11-13-23)20-38(34,35)28-30-16-24(32(28)19-26-9-5-15-37-26)17-31(18-25-8-4-14-36-25)27(33)22-6-2-1-3-7-22/h1-3,6-7,10-13,16,25-26H,4-5,8-9,14-15,17-20H2. The summed E-state index contributed by atoms with van der Waals surface area (Å²) in [6, 6.07) is 14.4. The fourth-order valence-corrected chi connectivity index (χ4v) is 6.53. The maximum atomic E-state index is 13.5. The molecule has 0 bridgehead atoms. The van der Waals surface area contributed by atoms with Gasteiger partial charge >= 0.3 is 0 Å². The van der Waals surface area contributed by atoms with E-state index in [4.69, 9.17) is 9.47 Å². The lowest BCUT2D eigenvalue weighted by Crippen LogP contribution is -2.37. The highest BCUT2D eigenvalue weighted by atomic mass is 32.2. The zero-order valence-electron chi connectivity index (χ0n) is 21.2. The number of imidazole rings is 1. The average Bonchev–Trinajstić information content (AvgIpc) is 3.69. The molecule has 1 amide bonds. The van der Waals surface area contributed by atoms with Gasteiger partial charge in [0.2, 0.25) is 15.0 Å². The molecule has 0 radical (unpaired) electrons. The van der Waals surface area contributed by atoms with Crippen LogP contribution in [0.4, 0.5) is 4.39 Å². The predicted molar refractivity (Wildman–Crippen MR) is 139 cm³/mol. The average molecular weight is 542 g/mol. The van der Waals surface area contributed by atoms with Crippen LogP contribution in [0.1, 0.15) is 47.3 Å². The molecular weight excluding hydrogens is 509 g/mol. The highest BCUT2D eigenvalue weighted by molar-refractivity contribution is 7.90. The molecule has 2 aliphatic heterocycles. The third-order valence-corrected chi connectivity index (χ3v) is 8.56. The zero-order valence-corrected chi connectivity index (χ0v) is 22.0. The van der Waals surface area contributed by atoms with Gasteiger partial charge in [0, 0.05) is 25.3 Å². The topological polar surface area (TPSA) is 90.7 Å². The van der Waals surface area contributed by atoms with Gasteiger partial charge in [0.25, 0.3) is 5.91 Å². The molecule has 0 N–H and O–H groups in total. The first-order chi connectivity index (χ1) is 18.4. The van der Waals surface area contributed by atoms with E-state index < -0.39 is 15.7 Å². The third kappa shape index (κ3) is 6.31. The fraction of sp³-hybridized carbons (Fsp3) is 0.429. The lowest BCUT2D eigenvalue weighted by atomic mass is 10.1. The third-order valence-electron chi connectivity index (χ3n) is 6.97. The molecule has 1 aromatic heterocycles. The smallest absolute Gasteiger partial charge is 0.254 e. The Labute approximate surface area is 222 Å². The van der Waals surface area contributed by atoms with Crippen LogP contribution in [0.5, 0.6) is 0 Å². The highest BCUT2D eigenvalue weighted by Gasteiger charge is 2.30. The van der Waals surface area contributed by atoms with Crippen LogP contribution >= 0.6 is 0 Å². The van der Waals surface area contributed by atoms with Crippen LogP contribution < -0.4 is 0 Å². The molecule has 2 fully saturated rings. The summed E-state index contributed by atoms with van der Waals surface area (Å²) in [6.07, 6.45) is 4.86. The minimum absolute atomic E-state index is 0.0705. The van der Waals surface area contributed by atoms with Crippen LogP contribution in [0.2, 0.25) is 0 Å².